The van der Waals surface area contributed by atoms with Gasteiger partial charge in [-0.2, -0.15) is 13.2 Å². The molecule has 1 aromatic carbocycles. The van der Waals surface area contributed by atoms with Crippen LogP contribution in [-0.2, 0) is 12.6 Å². The summed E-state index contributed by atoms with van der Waals surface area (Å²) >= 11 is 0. The zero-order valence-corrected chi connectivity index (χ0v) is 11.6. The Labute approximate surface area is 127 Å². The molecule has 6 nitrogen and oxygen atoms in total. The van der Waals surface area contributed by atoms with Crippen LogP contribution in [0, 0.1) is 10.1 Å². The first-order valence-electron chi connectivity index (χ1n) is 6.79. The number of hydrogen-bond acceptors (Lipinski definition) is 5. The number of hydrogen-bond donors (Lipinski definition) is 1. The van der Waals surface area contributed by atoms with Gasteiger partial charge in [-0.1, -0.05) is 11.2 Å². The molecule has 0 radical (unpaired) electrons. The van der Waals surface area contributed by atoms with Crippen molar-refractivity contribution in [3.8, 4) is 5.75 Å². The zero-order valence-electron chi connectivity index (χ0n) is 11.6. The van der Waals surface area contributed by atoms with Gasteiger partial charge in [-0.25, -0.2) is 0 Å². The van der Waals surface area contributed by atoms with Gasteiger partial charge in [0.15, 0.2) is 11.5 Å². The fourth-order valence-corrected chi connectivity index (χ4v) is 2.30. The van der Waals surface area contributed by atoms with Gasteiger partial charge in [0.1, 0.15) is 5.69 Å². The highest BCUT2D eigenvalue weighted by Gasteiger charge is 2.35. The van der Waals surface area contributed by atoms with Crippen LogP contribution in [0.5, 0.6) is 5.75 Å². The second-order valence-corrected chi connectivity index (χ2v) is 5.39. The van der Waals surface area contributed by atoms with Gasteiger partial charge in [0.05, 0.1) is 10.5 Å². The van der Waals surface area contributed by atoms with Crippen LogP contribution in [0.4, 0.5) is 18.9 Å². The molecule has 1 fully saturated rings. The minimum atomic E-state index is -4.67. The molecule has 0 bridgehead atoms. The Kier molecular flexibility index (Phi) is 3.50. The molecule has 23 heavy (non-hydrogen) atoms. The maximum atomic E-state index is 12.7. The molecule has 1 saturated carbocycles. The molecule has 0 aliphatic heterocycles. The summed E-state index contributed by atoms with van der Waals surface area (Å²) in [5, 5.41) is 24.7. The van der Waals surface area contributed by atoms with Gasteiger partial charge in [-0.05, 0) is 18.9 Å². The Morgan fingerprint density at radius 1 is 1.39 bits per heavy atom. The van der Waals surface area contributed by atoms with Crippen LogP contribution >= 0.6 is 0 Å². The molecule has 0 atom stereocenters. The minimum absolute atomic E-state index is 0.0222. The standard InChI is InChI=1S/C14H11F3N2O4/c15-14(16,17)9-4-3-8(11(6-9)19(21)22)5-10-12(20)13(23-18-10)7-1-2-7/h3-4,6-7,20H,1-2,5H2. The van der Waals surface area contributed by atoms with Gasteiger partial charge in [0.25, 0.3) is 5.69 Å². The summed E-state index contributed by atoms with van der Waals surface area (Å²) in [6.45, 7) is 0. The summed E-state index contributed by atoms with van der Waals surface area (Å²) < 4.78 is 43.0. The van der Waals surface area contributed by atoms with E-state index in [1.165, 1.54) is 0 Å². The third-order valence-electron chi connectivity index (χ3n) is 3.68. The van der Waals surface area contributed by atoms with Gasteiger partial charge in [-0.3, -0.25) is 10.1 Å². The summed E-state index contributed by atoms with van der Waals surface area (Å²) in [4.78, 5) is 10.1. The molecule has 1 aromatic heterocycles. The molecule has 0 saturated heterocycles. The van der Waals surface area contributed by atoms with E-state index in [0.29, 0.717) is 11.8 Å². The van der Waals surface area contributed by atoms with E-state index >= 15 is 0 Å². The molecule has 1 N–H and O–H groups in total. The topological polar surface area (TPSA) is 89.4 Å². The fraction of sp³-hybridized carbons (Fsp3) is 0.357. The lowest BCUT2D eigenvalue weighted by Crippen LogP contribution is -2.07. The van der Waals surface area contributed by atoms with Crippen molar-refractivity contribution in [2.75, 3.05) is 0 Å². The third-order valence-corrected chi connectivity index (χ3v) is 3.68. The van der Waals surface area contributed by atoms with E-state index < -0.39 is 22.4 Å². The largest absolute Gasteiger partial charge is 0.503 e. The highest BCUT2D eigenvalue weighted by molar-refractivity contribution is 5.47. The Morgan fingerprint density at radius 3 is 2.65 bits per heavy atom. The molecule has 122 valence electrons. The lowest BCUT2D eigenvalue weighted by Gasteiger charge is -2.08. The smallest absolute Gasteiger partial charge is 0.416 e. The minimum Gasteiger partial charge on any atom is -0.503 e. The molecular formula is C14H11F3N2O4. The maximum absolute atomic E-state index is 12.7. The lowest BCUT2D eigenvalue weighted by atomic mass is 10.0. The number of halogens is 3. The number of rotatable bonds is 4. The molecular weight excluding hydrogens is 317 g/mol. The second-order valence-electron chi connectivity index (χ2n) is 5.39. The Bertz CT molecular complexity index is 766. The van der Waals surface area contributed by atoms with Crippen molar-refractivity contribution in [2.45, 2.75) is 31.4 Å². The Hall–Kier alpha value is -2.58. The molecule has 0 unspecified atom stereocenters. The number of nitro groups is 1. The molecule has 9 heteroatoms. The molecule has 2 aromatic rings. The van der Waals surface area contributed by atoms with Crippen molar-refractivity contribution in [1.29, 1.82) is 0 Å². The molecule has 0 amide bonds. The molecule has 1 heterocycles. The summed E-state index contributed by atoms with van der Waals surface area (Å²) in [6.07, 6.45) is -3.12. The zero-order chi connectivity index (χ0) is 16.8. The monoisotopic (exact) mass is 328 g/mol. The fourth-order valence-electron chi connectivity index (χ4n) is 2.30. The number of aromatic hydroxyl groups is 1. The average Bonchev–Trinajstić information content (AvgIpc) is 3.24. The van der Waals surface area contributed by atoms with Crippen LogP contribution in [0.3, 0.4) is 0 Å². The number of benzene rings is 1. The van der Waals surface area contributed by atoms with Crippen molar-refractivity contribution in [1.82, 2.24) is 5.16 Å². The first-order chi connectivity index (χ1) is 10.8. The Balaban J connectivity index is 1.94. The van der Waals surface area contributed by atoms with Crippen LogP contribution in [0.15, 0.2) is 22.7 Å². The number of nitro benzene ring substituents is 1. The summed E-state index contributed by atoms with van der Waals surface area (Å²) in [5.74, 6) is 0.245. The highest BCUT2D eigenvalue weighted by Crippen LogP contribution is 2.45. The van der Waals surface area contributed by atoms with Crippen molar-refractivity contribution < 1.29 is 27.7 Å². The molecule has 1 aliphatic rings. The van der Waals surface area contributed by atoms with Gasteiger partial charge < -0.3 is 9.63 Å². The Morgan fingerprint density at radius 2 is 2.09 bits per heavy atom. The van der Waals surface area contributed by atoms with Crippen molar-refractivity contribution in [2.24, 2.45) is 0 Å². The normalized spacial score (nSPS) is 14.9. The quantitative estimate of drug-likeness (QED) is 0.681. The van der Waals surface area contributed by atoms with E-state index in [-0.39, 0.29) is 29.3 Å². The molecule has 3 rings (SSSR count). The third kappa shape index (κ3) is 2.99. The average molecular weight is 328 g/mol. The van der Waals surface area contributed by atoms with E-state index in [0.717, 1.165) is 25.0 Å². The number of aromatic nitrogens is 1. The first kappa shape index (κ1) is 15.3. The van der Waals surface area contributed by atoms with E-state index in [4.69, 9.17) is 4.52 Å². The van der Waals surface area contributed by atoms with Gasteiger partial charge >= 0.3 is 6.18 Å². The second kappa shape index (κ2) is 5.25. The molecule has 0 spiro atoms. The lowest BCUT2D eigenvalue weighted by molar-refractivity contribution is -0.385. The van der Waals surface area contributed by atoms with E-state index in [9.17, 15) is 28.4 Å². The van der Waals surface area contributed by atoms with Gasteiger partial charge in [0.2, 0.25) is 0 Å². The van der Waals surface area contributed by atoms with E-state index in [2.05, 4.69) is 5.16 Å². The van der Waals surface area contributed by atoms with Crippen LogP contribution in [0.1, 0.15) is 41.3 Å². The SMILES string of the molecule is O=[N+]([O-])c1cc(C(F)(F)F)ccc1Cc1noc(C2CC2)c1O. The van der Waals surface area contributed by atoms with Gasteiger partial charge in [0, 0.05) is 24.0 Å². The van der Waals surface area contributed by atoms with Crippen LogP contribution < -0.4 is 0 Å². The highest BCUT2D eigenvalue weighted by atomic mass is 19.4. The van der Waals surface area contributed by atoms with E-state index in [1.807, 2.05) is 0 Å². The van der Waals surface area contributed by atoms with Crippen molar-refractivity contribution in [3.63, 3.8) is 0 Å². The first-order valence-corrected chi connectivity index (χ1v) is 6.79. The number of nitrogens with zero attached hydrogens (tertiary/aromatic N) is 2. The predicted molar refractivity (Wildman–Crippen MR) is 71.0 cm³/mol. The van der Waals surface area contributed by atoms with Gasteiger partial charge in [-0.15, -0.1) is 0 Å². The number of alkyl halides is 3. The van der Waals surface area contributed by atoms with E-state index in [1.54, 1.807) is 0 Å². The van der Waals surface area contributed by atoms with Crippen LogP contribution in [-0.4, -0.2) is 15.2 Å². The van der Waals surface area contributed by atoms with Crippen LogP contribution in [0.2, 0.25) is 0 Å². The maximum Gasteiger partial charge on any atom is 0.416 e. The van der Waals surface area contributed by atoms with Crippen molar-refractivity contribution in [3.05, 3.63) is 50.9 Å². The summed E-state index contributed by atoms with van der Waals surface area (Å²) in [7, 11) is 0. The summed E-state index contributed by atoms with van der Waals surface area (Å²) in [5.41, 5.74) is -1.67. The predicted octanol–water partition coefficient (Wildman–Crippen LogP) is 3.78. The van der Waals surface area contributed by atoms with Crippen molar-refractivity contribution >= 4 is 5.69 Å². The summed E-state index contributed by atoms with van der Waals surface area (Å²) in [6, 6.07) is 2.27. The van der Waals surface area contributed by atoms with Crippen LogP contribution in [0.25, 0.3) is 0 Å². The molecule has 1 aliphatic carbocycles.